The molecule has 128 valence electrons. The fraction of sp³-hybridized carbons (Fsp3) is 0.500. The van der Waals surface area contributed by atoms with Gasteiger partial charge in [-0.3, -0.25) is 14.2 Å². The average molecular weight is 328 g/mol. The van der Waals surface area contributed by atoms with E-state index >= 15 is 0 Å². The zero-order valence-corrected chi connectivity index (χ0v) is 14.6. The van der Waals surface area contributed by atoms with Gasteiger partial charge in [0.15, 0.2) is 0 Å². The molecule has 1 aliphatic heterocycles. The van der Waals surface area contributed by atoms with Gasteiger partial charge < -0.3 is 5.32 Å². The lowest BCUT2D eigenvalue weighted by atomic mass is 9.86. The fourth-order valence-electron chi connectivity index (χ4n) is 3.44. The molecular formula is C20H25FN2O. The van der Waals surface area contributed by atoms with Gasteiger partial charge in [0.05, 0.1) is 17.8 Å². The highest BCUT2D eigenvalue weighted by molar-refractivity contribution is 6.06. The van der Waals surface area contributed by atoms with E-state index in [1.54, 1.807) is 0 Å². The van der Waals surface area contributed by atoms with Gasteiger partial charge in [-0.1, -0.05) is 19.1 Å². The van der Waals surface area contributed by atoms with Crippen LogP contribution in [0.3, 0.4) is 0 Å². The molecule has 0 bridgehead atoms. The second-order valence-electron chi connectivity index (χ2n) is 7.44. The highest BCUT2D eigenvalue weighted by Gasteiger charge is 2.38. The zero-order chi connectivity index (χ0) is 17.3. The number of hydrogen-bond acceptors (Lipinski definition) is 2. The van der Waals surface area contributed by atoms with Crippen LogP contribution in [0, 0.1) is 11.8 Å². The second kappa shape index (κ2) is 6.50. The molecule has 4 heteroatoms. The van der Waals surface area contributed by atoms with Gasteiger partial charge in [0, 0.05) is 11.4 Å². The molecule has 1 aliphatic carbocycles. The number of carbonyl (C=O) groups is 1. The van der Waals surface area contributed by atoms with Gasteiger partial charge in [0.25, 0.3) is 0 Å². The maximum Gasteiger partial charge on any atom is 0.234 e. The van der Waals surface area contributed by atoms with Crippen molar-refractivity contribution < 1.29 is 9.18 Å². The Labute approximate surface area is 143 Å². The Balaban J connectivity index is 1.85. The Bertz CT molecular complexity index is 706. The summed E-state index contributed by atoms with van der Waals surface area (Å²) in [6.45, 7) is 5.68. The molecule has 0 saturated carbocycles. The van der Waals surface area contributed by atoms with Gasteiger partial charge in [0.2, 0.25) is 5.91 Å². The van der Waals surface area contributed by atoms with E-state index in [4.69, 9.17) is 4.99 Å². The van der Waals surface area contributed by atoms with Crippen molar-refractivity contribution in [1.29, 1.82) is 0 Å². The lowest BCUT2D eigenvalue weighted by Gasteiger charge is -2.20. The van der Waals surface area contributed by atoms with Gasteiger partial charge in [0.1, 0.15) is 0 Å². The molecule has 0 radical (unpaired) electrons. The van der Waals surface area contributed by atoms with E-state index in [2.05, 4.69) is 18.3 Å². The van der Waals surface area contributed by atoms with Crippen LogP contribution in [0.4, 0.5) is 15.8 Å². The van der Waals surface area contributed by atoms with Crippen LogP contribution in [0.2, 0.25) is 0 Å². The number of halogens is 1. The summed E-state index contributed by atoms with van der Waals surface area (Å²) in [7, 11) is 0. The van der Waals surface area contributed by atoms with Crippen molar-refractivity contribution in [2.45, 2.75) is 45.4 Å². The number of alkyl halides is 1. The minimum atomic E-state index is -0.488. The summed E-state index contributed by atoms with van der Waals surface area (Å²) in [6.07, 6.45) is 6.81. The summed E-state index contributed by atoms with van der Waals surface area (Å²) in [5, 5.41) is 2.94. The van der Waals surface area contributed by atoms with Crippen molar-refractivity contribution >= 4 is 23.0 Å². The number of allylic oxidation sites excluding steroid dienone is 2. The van der Waals surface area contributed by atoms with Crippen molar-refractivity contribution in [1.82, 2.24) is 0 Å². The summed E-state index contributed by atoms with van der Waals surface area (Å²) in [5.74, 6) is 0.389. The Morgan fingerprint density at radius 2 is 2.17 bits per heavy atom. The van der Waals surface area contributed by atoms with E-state index in [9.17, 15) is 9.18 Å². The summed E-state index contributed by atoms with van der Waals surface area (Å²) in [6, 6.07) is 5.89. The summed E-state index contributed by atoms with van der Waals surface area (Å²) < 4.78 is 13.0. The molecule has 1 N–H and O–H groups in total. The molecule has 2 aliphatic rings. The number of fused-ring (bicyclic) bond motifs is 1. The van der Waals surface area contributed by atoms with Gasteiger partial charge in [-0.2, -0.15) is 0 Å². The molecule has 0 fully saturated rings. The van der Waals surface area contributed by atoms with Crippen molar-refractivity contribution in [3.63, 3.8) is 0 Å². The van der Waals surface area contributed by atoms with E-state index < -0.39 is 5.41 Å². The molecule has 2 unspecified atom stereocenters. The standard InChI is InChI=1S/C20H25FN2O/c1-13-7-8-15(6-4-5-14(13)12-21)22-16-9-10-17-18(11-16)23-19(24)20(17,2)3/h7-11,13-14H,4-6,12H2,1-3H3,(H,23,24)/b8-7+,22-15?. The first-order valence-corrected chi connectivity index (χ1v) is 8.69. The van der Waals surface area contributed by atoms with E-state index in [0.717, 1.165) is 41.9 Å². The number of nitrogens with one attached hydrogen (secondary N) is 1. The molecule has 0 spiro atoms. The molecule has 0 aromatic heterocycles. The van der Waals surface area contributed by atoms with Crippen LogP contribution in [-0.2, 0) is 10.2 Å². The number of amides is 1. The predicted octanol–water partition coefficient (Wildman–Crippen LogP) is 4.95. The Morgan fingerprint density at radius 3 is 2.92 bits per heavy atom. The predicted molar refractivity (Wildman–Crippen MR) is 96.8 cm³/mol. The van der Waals surface area contributed by atoms with E-state index in [-0.39, 0.29) is 24.4 Å². The average Bonchev–Trinajstić information content (AvgIpc) is 2.76. The van der Waals surface area contributed by atoms with Gasteiger partial charge >= 0.3 is 0 Å². The first kappa shape index (κ1) is 16.9. The van der Waals surface area contributed by atoms with Crippen LogP contribution in [0.15, 0.2) is 35.3 Å². The number of benzene rings is 1. The quantitative estimate of drug-likeness (QED) is 0.820. The molecule has 24 heavy (non-hydrogen) atoms. The largest absolute Gasteiger partial charge is 0.325 e. The molecule has 3 nitrogen and oxygen atoms in total. The molecular weight excluding hydrogens is 303 g/mol. The molecule has 1 heterocycles. The third-order valence-electron chi connectivity index (χ3n) is 5.31. The summed E-state index contributed by atoms with van der Waals surface area (Å²) in [4.78, 5) is 16.8. The molecule has 0 saturated heterocycles. The SMILES string of the molecule is CC1/C=C/C(=Nc2ccc3c(c2)NC(=O)C3(C)C)CCCC1CF. The van der Waals surface area contributed by atoms with Crippen LogP contribution in [0.25, 0.3) is 0 Å². The molecule has 3 rings (SSSR count). The zero-order valence-electron chi connectivity index (χ0n) is 14.6. The number of aliphatic imine (C=N–C) groups is 1. The van der Waals surface area contributed by atoms with Crippen molar-refractivity contribution in [2.75, 3.05) is 12.0 Å². The highest BCUT2D eigenvalue weighted by Crippen LogP contribution is 2.39. The van der Waals surface area contributed by atoms with Crippen LogP contribution >= 0.6 is 0 Å². The monoisotopic (exact) mass is 328 g/mol. The van der Waals surface area contributed by atoms with Gasteiger partial charge in [-0.05, 0) is 68.7 Å². The maximum atomic E-state index is 13.0. The fourth-order valence-corrected chi connectivity index (χ4v) is 3.44. The Morgan fingerprint density at radius 1 is 1.38 bits per heavy atom. The van der Waals surface area contributed by atoms with Crippen LogP contribution in [0.5, 0.6) is 0 Å². The summed E-state index contributed by atoms with van der Waals surface area (Å²) >= 11 is 0. The molecule has 1 aromatic carbocycles. The van der Waals surface area contributed by atoms with Crippen molar-refractivity contribution in [2.24, 2.45) is 16.8 Å². The minimum Gasteiger partial charge on any atom is -0.325 e. The van der Waals surface area contributed by atoms with Crippen LogP contribution < -0.4 is 5.32 Å². The summed E-state index contributed by atoms with van der Waals surface area (Å²) in [5.41, 5.74) is 3.25. The van der Waals surface area contributed by atoms with Crippen molar-refractivity contribution in [3.8, 4) is 0 Å². The first-order chi connectivity index (χ1) is 11.4. The first-order valence-electron chi connectivity index (χ1n) is 8.69. The van der Waals surface area contributed by atoms with E-state index in [1.807, 2.05) is 38.1 Å². The number of rotatable bonds is 2. The third-order valence-corrected chi connectivity index (χ3v) is 5.31. The minimum absolute atomic E-state index is 0.0271. The lowest BCUT2D eigenvalue weighted by Crippen LogP contribution is -2.26. The maximum absolute atomic E-state index is 13.0. The number of anilines is 1. The number of carbonyl (C=O) groups excluding carboxylic acids is 1. The molecule has 1 amide bonds. The second-order valence-corrected chi connectivity index (χ2v) is 7.44. The van der Waals surface area contributed by atoms with Crippen LogP contribution in [0.1, 0.15) is 45.6 Å². The lowest BCUT2D eigenvalue weighted by molar-refractivity contribution is -0.119. The third kappa shape index (κ3) is 3.14. The number of hydrogen-bond donors (Lipinski definition) is 1. The van der Waals surface area contributed by atoms with E-state index in [1.165, 1.54) is 0 Å². The van der Waals surface area contributed by atoms with Gasteiger partial charge in [-0.15, -0.1) is 0 Å². The van der Waals surface area contributed by atoms with Crippen molar-refractivity contribution in [3.05, 3.63) is 35.9 Å². The smallest absolute Gasteiger partial charge is 0.234 e. The Kier molecular flexibility index (Phi) is 4.57. The normalized spacial score (nSPS) is 28.8. The Hall–Kier alpha value is -1.97. The van der Waals surface area contributed by atoms with Crippen LogP contribution in [-0.4, -0.2) is 18.3 Å². The topological polar surface area (TPSA) is 41.5 Å². The number of nitrogens with zero attached hydrogens (tertiary/aromatic N) is 1. The molecule has 2 atom stereocenters. The molecule has 1 aromatic rings. The highest BCUT2D eigenvalue weighted by atomic mass is 19.1. The van der Waals surface area contributed by atoms with Gasteiger partial charge in [-0.25, -0.2) is 0 Å². The van der Waals surface area contributed by atoms with E-state index in [0.29, 0.717) is 0 Å².